The van der Waals surface area contributed by atoms with E-state index in [0.29, 0.717) is 12.4 Å². The molecule has 0 aromatic carbocycles. The van der Waals surface area contributed by atoms with Crippen molar-refractivity contribution in [2.45, 2.75) is 32.2 Å². The summed E-state index contributed by atoms with van der Waals surface area (Å²) in [7, 11) is 0. The molecule has 1 atom stereocenters. The monoisotopic (exact) mass is 343 g/mol. The van der Waals surface area contributed by atoms with Gasteiger partial charge in [0.25, 0.3) is 0 Å². The summed E-state index contributed by atoms with van der Waals surface area (Å²) in [6, 6.07) is 5.88. The molecular formula is C18H25N5O2. The van der Waals surface area contributed by atoms with Crippen LogP contribution in [0.5, 0.6) is 0 Å². The molecule has 0 saturated carbocycles. The van der Waals surface area contributed by atoms with Crippen molar-refractivity contribution in [1.29, 1.82) is 0 Å². The van der Waals surface area contributed by atoms with Crippen LogP contribution in [0.3, 0.4) is 0 Å². The second-order valence-electron chi connectivity index (χ2n) is 7.35. The van der Waals surface area contributed by atoms with Gasteiger partial charge in [-0.05, 0) is 11.6 Å². The van der Waals surface area contributed by atoms with Gasteiger partial charge in [-0.1, -0.05) is 32.0 Å². The maximum Gasteiger partial charge on any atom is 0.240 e. The van der Waals surface area contributed by atoms with E-state index >= 15 is 0 Å². The molecule has 0 bridgehead atoms. The topological polar surface area (TPSA) is 83.3 Å². The first kappa shape index (κ1) is 17.6. The standard InChI is InChI=1S/C18H25N5O2/c1-18(2,3)15-9-17(25-22-15)21-16(24)12-23-8-7-20-11-14(23)13-5-4-6-19-10-13/h4-6,9-10,14,20H,7-8,11-12H2,1-3H3,(H,21,24). The summed E-state index contributed by atoms with van der Waals surface area (Å²) in [6.07, 6.45) is 3.61. The zero-order chi connectivity index (χ0) is 17.9. The number of pyridine rings is 1. The molecule has 2 aromatic heterocycles. The van der Waals surface area contributed by atoms with Crippen molar-refractivity contribution in [1.82, 2.24) is 20.4 Å². The smallest absolute Gasteiger partial charge is 0.240 e. The summed E-state index contributed by atoms with van der Waals surface area (Å²) in [5.41, 5.74) is 1.81. The van der Waals surface area contributed by atoms with E-state index in [1.807, 2.05) is 18.3 Å². The van der Waals surface area contributed by atoms with Gasteiger partial charge in [0.1, 0.15) is 0 Å². The van der Waals surface area contributed by atoms with E-state index in [-0.39, 0.29) is 17.4 Å². The lowest BCUT2D eigenvalue weighted by Gasteiger charge is -2.35. The predicted octanol–water partition coefficient (Wildman–Crippen LogP) is 1.95. The first-order chi connectivity index (χ1) is 11.9. The Morgan fingerprint density at radius 1 is 1.48 bits per heavy atom. The van der Waals surface area contributed by atoms with Crippen molar-refractivity contribution >= 4 is 11.8 Å². The van der Waals surface area contributed by atoms with Crippen LogP contribution in [0.4, 0.5) is 5.88 Å². The fourth-order valence-corrected chi connectivity index (χ4v) is 2.89. The number of amides is 1. The van der Waals surface area contributed by atoms with Crippen LogP contribution in [0.2, 0.25) is 0 Å². The molecule has 3 heterocycles. The van der Waals surface area contributed by atoms with Gasteiger partial charge < -0.3 is 9.84 Å². The predicted molar refractivity (Wildman–Crippen MR) is 95.3 cm³/mol. The third-order valence-electron chi connectivity index (χ3n) is 4.31. The molecular weight excluding hydrogens is 318 g/mol. The maximum atomic E-state index is 12.4. The third-order valence-corrected chi connectivity index (χ3v) is 4.31. The Balaban J connectivity index is 1.64. The Bertz CT molecular complexity index is 708. The number of aromatic nitrogens is 2. The minimum absolute atomic E-state index is 0.104. The van der Waals surface area contributed by atoms with E-state index in [2.05, 4.69) is 46.4 Å². The minimum atomic E-state index is -0.115. The van der Waals surface area contributed by atoms with Gasteiger partial charge in [0.05, 0.1) is 12.2 Å². The Hall–Kier alpha value is -2.25. The quantitative estimate of drug-likeness (QED) is 0.883. The number of nitrogens with one attached hydrogen (secondary N) is 2. The second kappa shape index (κ2) is 7.33. The molecule has 0 radical (unpaired) electrons. The highest BCUT2D eigenvalue weighted by atomic mass is 16.5. The highest BCUT2D eigenvalue weighted by molar-refractivity contribution is 5.91. The number of piperazine rings is 1. The van der Waals surface area contributed by atoms with Crippen molar-refractivity contribution in [3.63, 3.8) is 0 Å². The van der Waals surface area contributed by atoms with Gasteiger partial charge in [0.15, 0.2) is 0 Å². The summed E-state index contributed by atoms with van der Waals surface area (Å²) >= 11 is 0. The number of nitrogens with zero attached hydrogens (tertiary/aromatic N) is 3. The summed E-state index contributed by atoms with van der Waals surface area (Å²) in [5.74, 6) is 0.287. The molecule has 7 nitrogen and oxygen atoms in total. The van der Waals surface area contributed by atoms with Gasteiger partial charge in [-0.3, -0.25) is 20.0 Å². The molecule has 1 unspecified atom stereocenters. The van der Waals surface area contributed by atoms with Crippen LogP contribution in [0.15, 0.2) is 35.1 Å². The lowest BCUT2D eigenvalue weighted by Crippen LogP contribution is -2.48. The number of hydrogen-bond acceptors (Lipinski definition) is 6. The zero-order valence-corrected chi connectivity index (χ0v) is 15.0. The molecule has 7 heteroatoms. The first-order valence-electron chi connectivity index (χ1n) is 8.55. The highest BCUT2D eigenvalue weighted by Crippen LogP contribution is 2.24. The average Bonchev–Trinajstić information content (AvgIpc) is 3.05. The van der Waals surface area contributed by atoms with Gasteiger partial charge in [-0.2, -0.15) is 0 Å². The summed E-state index contributed by atoms with van der Waals surface area (Å²) in [5, 5.41) is 10.2. The molecule has 2 aromatic rings. The van der Waals surface area contributed by atoms with Crippen molar-refractivity contribution in [2.24, 2.45) is 0 Å². The molecule has 1 aliphatic heterocycles. The molecule has 0 aliphatic carbocycles. The van der Waals surface area contributed by atoms with Crippen LogP contribution in [0.25, 0.3) is 0 Å². The Labute approximate surface area is 147 Å². The largest absolute Gasteiger partial charge is 0.338 e. The van der Waals surface area contributed by atoms with E-state index < -0.39 is 0 Å². The van der Waals surface area contributed by atoms with E-state index in [0.717, 1.165) is 30.9 Å². The van der Waals surface area contributed by atoms with Crippen molar-refractivity contribution in [3.05, 3.63) is 41.9 Å². The molecule has 3 rings (SSSR count). The van der Waals surface area contributed by atoms with Crippen LogP contribution < -0.4 is 10.6 Å². The fraction of sp³-hybridized carbons (Fsp3) is 0.500. The van der Waals surface area contributed by atoms with Gasteiger partial charge in [0, 0.05) is 49.6 Å². The maximum absolute atomic E-state index is 12.4. The summed E-state index contributed by atoms with van der Waals surface area (Å²) in [6.45, 7) is 8.92. The molecule has 0 spiro atoms. The molecule has 134 valence electrons. The van der Waals surface area contributed by atoms with Crippen LogP contribution in [0, 0.1) is 0 Å². The van der Waals surface area contributed by atoms with E-state index in [4.69, 9.17) is 4.52 Å². The number of hydrogen-bond donors (Lipinski definition) is 2. The number of carbonyl (C=O) groups excluding carboxylic acids is 1. The van der Waals surface area contributed by atoms with Gasteiger partial charge in [-0.25, -0.2) is 0 Å². The van der Waals surface area contributed by atoms with Crippen molar-refractivity contribution in [2.75, 3.05) is 31.5 Å². The second-order valence-corrected chi connectivity index (χ2v) is 7.35. The molecule has 1 amide bonds. The van der Waals surface area contributed by atoms with E-state index in [9.17, 15) is 4.79 Å². The normalized spacial score (nSPS) is 18.9. The number of carbonyl (C=O) groups is 1. The van der Waals surface area contributed by atoms with Crippen molar-refractivity contribution < 1.29 is 9.32 Å². The lowest BCUT2D eigenvalue weighted by molar-refractivity contribution is -0.118. The van der Waals surface area contributed by atoms with Gasteiger partial charge >= 0.3 is 0 Å². The Morgan fingerprint density at radius 3 is 3.00 bits per heavy atom. The number of anilines is 1. The average molecular weight is 343 g/mol. The lowest BCUT2D eigenvalue weighted by atomic mass is 9.92. The Kier molecular flexibility index (Phi) is 5.15. The van der Waals surface area contributed by atoms with E-state index in [1.165, 1.54) is 0 Å². The van der Waals surface area contributed by atoms with E-state index in [1.54, 1.807) is 12.3 Å². The first-order valence-corrected chi connectivity index (χ1v) is 8.55. The molecule has 1 fully saturated rings. The van der Waals surface area contributed by atoms with Crippen LogP contribution in [0.1, 0.15) is 38.1 Å². The molecule has 1 saturated heterocycles. The molecule has 2 N–H and O–H groups in total. The highest BCUT2D eigenvalue weighted by Gasteiger charge is 2.26. The van der Waals surface area contributed by atoms with Crippen LogP contribution in [-0.4, -0.2) is 47.1 Å². The Morgan fingerprint density at radius 2 is 2.32 bits per heavy atom. The van der Waals surface area contributed by atoms with Gasteiger partial charge in [0.2, 0.25) is 11.8 Å². The number of rotatable bonds is 4. The summed E-state index contributed by atoms with van der Waals surface area (Å²) < 4.78 is 5.24. The van der Waals surface area contributed by atoms with Crippen LogP contribution in [-0.2, 0) is 10.2 Å². The third kappa shape index (κ3) is 4.43. The minimum Gasteiger partial charge on any atom is -0.338 e. The van der Waals surface area contributed by atoms with Crippen molar-refractivity contribution in [3.8, 4) is 0 Å². The zero-order valence-electron chi connectivity index (χ0n) is 15.0. The van der Waals surface area contributed by atoms with Crippen LogP contribution >= 0.6 is 0 Å². The van der Waals surface area contributed by atoms with Gasteiger partial charge in [-0.15, -0.1) is 0 Å². The SMILES string of the molecule is CC(C)(C)c1cc(NC(=O)CN2CCNCC2c2cccnc2)on1. The molecule has 25 heavy (non-hydrogen) atoms. The fourth-order valence-electron chi connectivity index (χ4n) is 2.89. The summed E-state index contributed by atoms with van der Waals surface area (Å²) in [4.78, 5) is 18.8. The molecule has 1 aliphatic rings.